The Labute approximate surface area is 73.6 Å². The van der Waals surface area contributed by atoms with Gasteiger partial charge in [-0.25, -0.2) is 0 Å². The highest BCUT2D eigenvalue weighted by molar-refractivity contribution is 5.22. The van der Waals surface area contributed by atoms with Crippen molar-refractivity contribution in [1.82, 2.24) is 9.78 Å². The molecule has 2 heteroatoms. The van der Waals surface area contributed by atoms with Gasteiger partial charge in [-0.1, -0.05) is 20.3 Å². The fraction of sp³-hybridized carbons (Fsp3) is 0.700. The second-order valence-corrected chi connectivity index (χ2v) is 3.90. The number of hydrogen-bond donors (Lipinski definition) is 0. The summed E-state index contributed by atoms with van der Waals surface area (Å²) >= 11 is 0. The molecule has 1 aliphatic rings. The van der Waals surface area contributed by atoms with Crippen molar-refractivity contribution < 1.29 is 0 Å². The van der Waals surface area contributed by atoms with Gasteiger partial charge in [0.25, 0.3) is 0 Å². The van der Waals surface area contributed by atoms with E-state index < -0.39 is 0 Å². The zero-order valence-corrected chi connectivity index (χ0v) is 7.99. The fourth-order valence-corrected chi connectivity index (χ4v) is 2.33. The maximum Gasteiger partial charge on any atom is 0.0524 e. The lowest BCUT2D eigenvalue weighted by Crippen LogP contribution is -1.84. The van der Waals surface area contributed by atoms with Crippen LogP contribution in [0.4, 0.5) is 0 Å². The van der Waals surface area contributed by atoms with Gasteiger partial charge >= 0.3 is 0 Å². The first kappa shape index (κ1) is 7.84. The maximum absolute atomic E-state index is 4.20. The van der Waals surface area contributed by atoms with E-state index in [1.807, 2.05) is 17.9 Å². The molecule has 3 unspecified atom stereocenters. The van der Waals surface area contributed by atoms with Gasteiger partial charge in [-0.15, -0.1) is 0 Å². The Morgan fingerprint density at radius 3 is 2.75 bits per heavy atom. The number of aromatic nitrogens is 2. The predicted molar refractivity (Wildman–Crippen MR) is 48.9 cm³/mol. The molecule has 0 bridgehead atoms. The first-order valence-electron chi connectivity index (χ1n) is 4.72. The topological polar surface area (TPSA) is 17.8 Å². The lowest BCUT2D eigenvalue weighted by Gasteiger charge is -1.90. The molecule has 66 valence electrons. The largest absolute Gasteiger partial charge is 0.276 e. The van der Waals surface area contributed by atoms with Crippen molar-refractivity contribution in [3.8, 4) is 0 Å². The van der Waals surface area contributed by atoms with E-state index in [0.717, 1.165) is 17.8 Å². The fourth-order valence-electron chi connectivity index (χ4n) is 2.33. The minimum atomic E-state index is 0.795. The predicted octanol–water partition coefficient (Wildman–Crippen LogP) is 2.18. The third-order valence-electron chi connectivity index (χ3n) is 3.14. The van der Waals surface area contributed by atoms with Crippen LogP contribution in [-0.4, -0.2) is 9.78 Å². The van der Waals surface area contributed by atoms with Crippen molar-refractivity contribution in [2.45, 2.75) is 26.2 Å². The number of aryl methyl sites for hydroxylation is 1. The molecule has 0 spiro atoms. The molecular weight excluding hydrogens is 148 g/mol. The maximum atomic E-state index is 4.20. The van der Waals surface area contributed by atoms with Crippen LogP contribution >= 0.6 is 0 Å². The van der Waals surface area contributed by atoms with Gasteiger partial charge in [0.05, 0.1) is 6.20 Å². The van der Waals surface area contributed by atoms with E-state index in [1.54, 1.807) is 0 Å². The molecule has 2 nitrogen and oxygen atoms in total. The molecule has 1 fully saturated rings. The lowest BCUT2D eigenvalue weighted by molar-refractivity contribution is 0.718. The summed E-state index contributed by atoms with van der Waals surface area (Å²) in [5.74, 6) is 2.58. The summed E-state index contributed by atoms with van der Waals surface area (Å²) in [6, 6.07) is 0. The Morgan fingerprint density at radius 2 is 2.33 bits per heavy atom. The highest BCUT2D eigenvalue weighted by Crippen LogP contribution is 2.55. The Morgan fingerprint density at radius 1 is 1.58 bits per heavy atom. The monoisotopic (exact) mass is 164 g/mol. The molecule has 1 aliphatic carbocycles. The van der Waals surface area contributed by atoms with E-state index in [-0.39, 0.29) is 0 Å². The Kier molecular flexibility index (Phi) is 1.71. The molecule has 0 N–H and O–H groups in total. The van der Waals surface area contributed by atoms with Crippen molar-refractivity contribution in [1.29, 1.82) is 0 Å². The molecule has 1 aromatic rings. The molecule has 2 rings (SSSR count). The van der Waals surface area contributed by atoms with Crippen molar-refractivity contribution >= 4 is 0 Å². The number of rotatable bonds is 2. The van der Waals surface area contributed by atoms with Gasteiger partial charge < -0.3 is 0 Å². The van der Waals surface area contributed by atoms with Crippen LogP contribution in [0, 0.1) is 11.8 Å². The average molecular weight is 164 g/mol. The van der Waals surface area contributed by atoms with Crippen molar-refractivity contribution in [3.05, 3.63) is 18.0 Å². The van der Waals surface area contributed by atoms with Crippen molar-refractivity contribution in [3.63, 3.8) is 0 Å². The molecule has 0 aromatic carbocycles. The Hall–Kier alpha value is -0.790. The average Bonchev–Trinajstić information content (AvgIpc) is 2.49. The summed E-state index contributed by atoms with van der Waals surface area (Å²) in [5.41, 5.74) is 1.43. The summed E-state index contributed by atoms with van der Waals surface area (Å²) in [6.07, 6.45) is 5.47. The summed E-state index contributed by atoms with van der Waals surface area (Å²) in [5, 5.41) is 4.20. The van der Waals surface area contributed by atoms with Gasteiger partial charge in [-0.3, -0.25) is 4.68 Å². The van der Waals surface area contributed by atoms with Crippen LogP contribution < -0.4 is 0 Å². The Bertz CT molecular complexity index is 277. The summed E-state index contributed by atoms with van der Waals surface area (Å²) < 4.78 is 1.90. The van der Waals surface area contributed by atoms with E-state index >= 15 is 0 Å². The van der Waals surface area contributed by atoms with Gasteiger partial charge in [-0.2, -0.15) is 5.10 Å². The minimum Gasteiger partial charge on any atom is -0.276 e. The van der Waals surface area contributed by atoms with Crippen LogP contribution in [0.2, 0.25) is 0 Å². The van der Waals surface area contributed by atoms with Crippen molar-refractivity contribution in [2.75, 3.05) is 0 Å². The molecule has 1 heterocycles. The number of hydrogen-bond acceptors (Lipinski definition) is 1. The van der Waals surface area contributed by atoms with Crippen molar-refractivity contribution in [2.24, 2.45) is 18.9 Å². The molecule has 1 aromatic heterocycles. The van der Waals surface area contributed by atoms with Gasteiger partial charge in [0, 0.05) is 13.2 Å². The van der Waals surface area contributed by atoms with Gasteiger partial charge in [-0.05, 0) is 23.3 Å². The highest BCUT2D eigenvalue weighted by Gasteiger charge is 2.46. The van der Waals surface area contributed by atoms with E-state index in [2.05, 4.69) is 25.1 Å². The summed E-state index contributed by atoms with van der Waals surface area (Å²) in [6.45, 7) is 4.61. The highest BCUT2D eigenvalue weighted by atomic mass is 15.2. The van der Waals surface area contributed by atoms with E-state index in [1.165, 1.54) is 12.0 Å². The SMILES string of the molecule is CCC1C(C)C1c1cnn(C)c1. The Balaban J connectivity index is 2.13. The first-order chi connectivity index (χ1) is 5.74. The smallest absolute Gasteiger partial charge is 0.0524 e. The molecule has 0 saturated heterocycles. The van der Waals surface area contributed by atoms with Gasteiger partial charge in [0.15, 0.2) is 0 Å². The normalized spacial score (nSPS) is 33.8. The molecule has 0 aliphatic heterocycles. The summed E-state index contributed by atoms with van der Waals surface area (Å²) in [7, 11) is 1.98. The second kappa shape index (κ2) is 2.61. The van der Waals surface area contributed by atoms with Crippen LogP contribution in [0.25, 0.3) is 0 Å². The van der Waals surface area contributed by atoms with Crippen LogP contribution in [-0.2, 0) is 7.05 Å². The third kappa shape index (κ3) is 1.06. The van der Waals surface area contributed by atoms with E-state index in [9.17, 15) is 0 Å². The minimum absolute atomic E-state index is 0.795. The molecule has 1 saturated carbocycles. The van der Waals surface area contributed by atoms with E-state index in [0.29, 0.717) is 0 Å². The molecule has 12 heavy (non-hydrogen) atoms. The molecule has 0 amide bonds. The molecule has 3 atom stereocenters. The van der Waals surface area contributed by atoms with E-state index in [4.69, 9.17) is 0 Å². The lowest BCUT2D eigenvalue weighted by atomic mass is 10.2. The third-order valence-corrected chi connectivity index (χ3v) is 3.14. The van der Waals surface area contributed by atoms with Crippen LogP contribution in [0.1, 0.15) is 31.7 Å². The summed E-state index contributed by atoms with van der Waals surface area (Å²) in [4.78, 5) is 0. The van der Waals surface area contributed by atoms with Crippen LogP contribution in [0.5, 0.6) is 0 Å². The second-order valence-electron chi connectivity index (χ2n) is 3.90. The standard InChI is InChI=1S/C10H16N2/c1-4-9-7(2)10(9)8-5-11-12(3)6-8/h5-7,9-10H,4H2,1-3H3. The zero-order chi connectivity index (χ0) is 8.72. The number of nitrogens with zero attached hydrogens (tertiary/aromatic N) is 2. The first-order valence-corrected chi connectivity index (χ1v) is 4.72. The quantitative estimate of drug-likeness (QED) is 0.655. The zero-order valence-electron chi connectivity index (χ0n) is 7.99. The van der Waals surface area contributed by atoms with Gasteiger partial charge in [0.2, 0.25) is 0 Å². The van der Waals surface area contributed by atoms with Crippen LogP contribution in [0.15, 0.2) is 12.4 Å². The molecular formula is C10H16N2. The van der Waals surface area contributed by atoms with Gasteiger partial charge in [0.1, 0.15) is 0 Å². The van der Waals surface area contributed by atoms with Crippen LogP contribution in [0.3, 0.4) is 0 Å². The molecule has 0 radical (unpaired) electrons.